The summed E-state index contributed by atoms with van der Waals surface area (Å²) in [4.78, 5) is 2.27. The van der Waals surface area contributed by atoms with Crippen molar-refractivity contribution < 1.29 is 4.39 Å². The van der Waals surface area contributed by atoms with Crippen LogP contribution in [0, 0.1) is 12.2 Å². The zero-order chi connectivity index (χ0) is 9.10. The largest absolute Gasteiger partial charge is 0.371 e. The van der Waals surface area contributed by atoms with E-state index in [1.54, 1.807) is 0 Å². The van der Waals surface area contributed by atoms with E-state index in [4.69, 9.17) is 0 Å². The summed E-state index contributed by atoms with van der Waals surface area (Å²) in [6.45, 7) is 2.08. The molecule has 1 radical (unpaired) electrons. The van der Waals surface area contributed by atoms with Crippen molar-refractivity contribution in [3.05, 3.63) is 36.5 Å². The first-order chi connectivity index (χ1) is 6.36. The van der Waals surface area contributed by atoms with Crippen LogP contribution in [0.3, 0.4) is 0 Å². The molecule has 1 aliphatic heterocycles. The fourth-order valence-corrected chi connectivity index (χ4v) is 1.65. The second kappa shape index (κ2) is 3.77. The molecule has 13 heavy (non-hydrogen) atoms. The lowest BCUT2D eigenvalue weighted by molar-refractivity contribution is 0.626. The third-order valence-electron chi connectivity index (χ3n) is 2.38. The van der Waals surface area contributed by atoms with Crippen molar-refractivity contribution in [2.24, 2.45) is 0 Å². The van der Waals surface area contributed by atoms with Crippen LogP contribution in [-0.4, -0.2) is 13.1 Å². The van der Waals surface area contributed by atoms with Gasteiger partial charge in [0.15, 0.2) is 0 Å². The Morgan fingerprint density at radius 1 is 1.15 bits per heavy atom. The average Bonchev–Trinajstić information content (AvgIpc) is 2.20. The van der Waals surface area contributed by atoms with Gasteiger partial charge in [-0.25, -0.2) is 4.39 Å². The van der Waals surface area contributed by atoms with Gasteiger partial charge in [0.25, 0.3) is 0 Å². The van der Waals surface area contributed by atoms with Gasteiger partial charge >= 0.3 is 0 Å². The molecule has 1 fully saturated rings. The molecule has 0 aromatic heterocycles. The SMILES string of the molecule is Fc1ccc(N2C[CH]CCC2)cc1. The zero-order valence-corrected chi connectivity index (χ0v) is 7.54. The van der Waals surface area contributed by atoms with Gasteiger partial charge in [0.1, 0.15) is 5.82 Å². The van der Waals surface area contributed by atoms with Crippen molar-refractivity contribution in [3.63, 3.8) is 0 Å². The molecule has 0 amide bonds. The molecular weight excluding hydrogens is 165 g/mol. The summed E-state index contributed by atoms with van der Waals surface area (Å²) in [7, 11) is 0. The molecule has 1 aromatic rings. The molecule has 1 aromatic carbocycles. The molecule has 69 valence electrons. The number of nitrogens with zero attached hydrogens (tertiary/aromatic N) is 1. The average molecular weight is 178 g/mol. The Balaban J connectivity index is 2.10. The minimum atomic E-state index is -0.162. The molecule has 0 N–H and O–H groups in total. The van der Waals surface area contributed by atoms with E-state index >= 15 is 0 Å². The Morgan fingerprint density at radius 3 is 2.54 bits per heavy atom. The molecule has 2 rings (SSSR count). The molecule has 2 heteroatoms. The minimum Gasteiger partial charge on any atom is -0.371 e. The summed E-state index contributed by atoms with van der Waals surface area (Å²) in [5, 5.41) is 0. The van der Waals surface area contributed by atoms with E-state index < -0.39 is 0 Å². The van der Waals surface area contributed by atoms with Crippen LogP contribution >= 0.6 is 0 Å². The summed E-state index contributed by atoms with van der Waals surface area (Å²) in [5.41, 5.74) is 1.12. The predicted octanol–water partition coefficient (Wildman–Crippen LogP) is 2.63. The number of piperidine rings is 1. The van der Waals surface area contributed by atoms with Crippen LogP contribution in [0.25, 0.3) is 0 Å². The van der Waals surface area contributed by atoms with Gasteiger partial charge in [0.2, 0.25) is 0 Å². The molecule has 0 bridgehead atoms. The summed E-state index contributed by atoms with van der Waals surface area (Å²) >= 11 is 0. The Hall–Kier alpha value is -1.05. The van der Waals surface area contributed by atoms with E-state index in [-0.39, 0.29) is 5.82 Å². The van der Waals surface area contributed by atoms with Gasteiger partial charge in [-0.05, 0) is 43.5 Å². The van der Waals surface area contributed by atoms with Crippen LogP contribution in [0.15, 0.2) is 24.3 Å². The fraction of sp³-hybridized carbons (Fsp3) is 0.364. The molecular formula is C11H13FN. The zero-order valence-electron chi connectivity index (χ0n) is 7.54. The third-order valence-corrected chi connectivity index (χ3v) is 2.38. The molecule has 0 spiro atoms. The number of hydrogen-bond acceptors (Lipinski definition) is 1. The summed E-state index contributed by atoms with van der Waals surface area (Å²) in [5.74, 6) is -0.162. The number of rotatable bonds is 1. The van der Waals surface area contributed by atoms with Crippen LogP contribution < -0.4 is 4.90 Å². The number of hydrogen-bond donors (Lipinski definition) is 0. The Labute approximate surface area is 78.2 Å². The maximum atomic E-state index is 12.6. The highest BCUT2D eigenvalue weighted by atomic mass is 19.1. The van der Waals surface area contributed by atoms with E-state index in [0.717, 1.165) is 18.8 Å². The lowest BCUT2D eigenvalue weighted by Gasteiger charge is -2.28. The fourth-order valence-electron chi connectivity index (χ4n) is 1.65. The van der Waals surface area contributed by atoms with Crippen LogP contribution in [0.1, 0.15) is 12.8 Å². The van der Waals surface area contributed by atoms with Gasteiger partial charge < -0.3 is 4.90 Å². The van der Waals surface area contributed by atoms with Crippen LogP contribution in [0.5, 0.6) is 0 Å². The van der Waals surface area contributed by atoms with Crippen molar-refractivity contribution in [1.29, 1.82) is 0 Å². The second-order valence-electron chi connectivity index (χ2n) is 3.35. The monoisotopic (exact) mass is 178 g/mol. The van der Waals surface area contributed by atoms with Crippen LogP contribution in [-0.2, 0) is 0 Å². The third kappa shape index (κ3) is 2.00. The maximum Gasteiger partial charge on any atom is 0.123 e. The van der Waals surface area contributed by atoms with Gasteiger partial charge in [0, 0.05) is 18.8 Å². The Kier molecular flexibility index (Phi) is 2.48. The van der Waals surface area contributed by atoms with Crippen molar-refractivity contribution in [2.45, 2.75) is 12.8 Å². The maximum absolute atomic E-state index is 12.6. The van der Waals surface area contributed by atoms with E-state index in [2.05, 4.69) is 11.3 Å². The van der Waals surface area contributed by atoms with Crippen molar-refractivity contribution in [2.75, 3.05) is 18.0 Å². The van der Waals surface area contributed by atoms with E-state index in [1.807, 2.05) is 12.1 Å². The quantitative estimate of drug-likeness (QED) is 0.639. The van der Waals surface area contributed by atoms with Crippen molar-refractivity contribution in [1.82, 2.24) is 0 Å². The van der Waals surface area contributed by atoms with E-state index in [9.17, 15) is 4.39 Å². The number of benzene rings is 1. The normalized spacial score (nSPS) is 17.5. The van der Waals surface area contributed by atoms with Crippen molar-refractivity contribution in [3.8, 4) is 0 Å². The highest BCUT2D eigenvalue weighted by molar-refractivity contribution is 5.47. The van der Waals surface area contributed by atoms with Gasteiger partial charge in [-0.15, -0.1) is 0 Å². The first-order valence-corrected chi connectivity index (χ1v) is 4.68. The molecule has 0 atom stereocenters. The van der Waals surface area contributed by atoms with Gasteiger partial charge in [-0.1, -0.05) is 0 Å². The summed E-state index contributed by atoms with van der Waals surface area (Å²) in [6, 6.07) is 6.72. The van der Waals surface area contributed by atoms with Crippen LogP contribution in [0.2, 0.25) is 0 Å². The molecule has 0 aliphatic carbocycles. The van der Waals surface area contributed by atoms with E-state index in [0.29, 0.717) is 0 Å². The van der Waals surface area contributed by atoms with Gasteiger partial charge in [0.05, 0.1) is 0 Å². The van der Waals surface area contributed by atoms with Gasteiger partial charge in [-0.3, -0.25) is 0 Å². The lowest BCUT2D eigenvalue weighted by atomic mass is 10.1. The van der Waals surface area contributed by atoms with E-state index in [1.165, 1.54) is 25.0 Å². The number of anilines is 1. The molecule has 1 aliphatic rings. The highest BCUT2D eigenvalue weighted by Gasteiger charge is 2.10. The first-order valence-electron chi connectivity index (χ1n) is 4.68. The second-order valence-corrected chi connectivity index (χ2v) is 3.35. The first kappa shape index (κ1) is 8.54. The number of halogens is 1. The Morgan fingerprint density at radius 2 is 1.92 bits per heavy atom. The molecule has 0 unspecified atom stereocenters. The van der Waals surface area contributed by atoms with Crippen LogP contribution in [0.4, 0.5) is 10.1 Å². The molecule has 1 saturated heterocycles. The lowest BCUT2D eigenvalue weighted by Crippen LogP contribution is -2.29. The highest BCUT2D eigenvalue weighted by Crippen LogP contribution is 2.19. The molecule has 1 heterocycles. The molecule has 0 saturated carbocycles. The predicted molar refractivity (Wildman–Crippen MR) is 52.1 cm³/mol. The smallest absolute Gasteiger partial charge is 0.123 e. The Bertz CT molecular complexity index is 262. The summed E-state index contributed by atoms with van der Waals surface area (Å²) in [6.07, 6.45) is 4.68. The standard InChI is InChI=1S/C11H13FN/c12-10-4-6-11(7-5-10)13-8-2-1-3-9-13/h2,4-7H,1,3,8-9H2. The van der Waals surface area contributed by atoms with Crippen molar-refractivity contribution >= 4 is 5.69 Å². The van der Waals surface area contributed by atoms with Gasteiger partial charge in [-0.2, -0.15) is 0 Å². The minimum absolute atomic E-state index is 0.162. The molecule has 1 nitrogen and oxygen atoms in total. The summed E-state index contributed by atoms with van der Waals surface area (Å²) < 4.78 is 12.6. The topological polar surface area (TPSA) is 3.24 Å².